The average Bonchev–Trinajstić information content (AvgIpc) is 3.09. The van der Waals surface area contributed by atoms with Gasteiger partial charge in [-0.1, -0.05) is 68.4 Å². The van der Waals surface area contributed by atoms with Crippen LogP contribution in [0, 0.1) is 0 Å². The Bertz CT molecular complexity index is 975. The Kier molecular flexibility index (Phi) is 4.56. The van der Waals surface area contributed by atoms with Crippen molar-refractivity contribution in [2.45, 2.75) is 44.8 Å². The van der Waals surface area contributed by atoms with E-state index in [-0.39, 0.29) is 17.1 Å². The number of benzene rings is 2. The summed E-state index contributed by atoms with van der Waals surface area (Å²) in [7, 11) is 0. The smallest absolute Gasteiger partial charge is 0.300 e. The summed E-state index contributed by atoms with van der Waals surface area (Å²) in [5.41, 5.74) is 3.65. The summed E-state index contributed by atoms with van der Waals surface area (Å²) in [6.45, 7) is 5.27. The van der Waals surface area contributed by atoms with E-state index in [0.717, 1.165) is 19.4 Å². The van der Waals surface area contributed by atoms with E-state index in [4.69, 9.17) is 4.74 Å². The SMILES string of the molecule is CC(C)(c1ccccc1)c1ccc(CCC2Cn3ccc(=O)nc3O2)cc1. The van der Waals surface area contributed by atoms with Gasteiger partial charge in [-0.15, -0.1) is 0 Å². The van der Waals surface area contributed by atoms with Crippen LogP contribution in [0.2, 0.25) is 0 Å². The lowest BCUT2D eigenvalue weighted by atomic mass is 9.78. The highest BCUT2D eigenvalue weighted by Crippen LogP contribution is 2.31. The zero-order valence-electron chi connectivity index (χ0n) is 15.8. The second kappa shape index (κ2) is 7.03. The lowest BCUT2D eigenvalue weighted by molar-refractivity contribution is 0.214. The molecule has 1 aliphatic heterocycles. The number of aryl methyl sites for hydroxylation is 1. The summed E-state index contributed by atoms with van der Waals surface area (Å²) in [6.07, 6.45) is 3.67. The molecular weight excluding hydrogens is 336 g/mol. The quantitative estimate of drug-likeness (QED) is 0.692. The maximum atomic E-state index is 11.3. The molecule has 0 fully saturated rings. The third-order valence-corrected chi connectivity index (χ3v) is 5.45. The van der Waals surface area contributed by atoms with Crippen LogP contribution in [0.15, 0.2) is 71.7 Å². The second-order valence-corrected chi connectivity index (χ2v) is 7.67. The molecule has 0 saturated carbocycles. The fourth-order valence-corrected chi connectivity index (χ4v) is 3.64. The van der Waals surface area contributed by atoms with E-state index in [1.807, 2.05) is 4.57 Å². The third-order valence-electron chi connectivity index (χ3n) is 5.45. The van der Waals surface area contributed by atoms with Crippen LogP contribution in [-0.4, -0.2) is 15.7 Å². The van der Waals surface area contributed by atoms with E-state index < -0.39 is 0 Å². The lowest BCUT2D eigenvalue weighted by Gasteiger charge is -2.26. The molecule has 0 saturated heterocycles. The summed E-state index contributed by atoms with van der Waals surface area (Å²) >= 11 is 0. The van der Waals surface area contributed by atoms with E-state index in [2.05, 4.69) is 73.4 Å². The Labute approximate surface area is 159 Å². The highest BCUT2D eigenvalue weighted by Gasteiger charge is 2.24. The van der Waals surface area contributed by atoms with Crippen LogP contribution in [-0.2, 0) is 18.4 Å². The maximum Gasteiger partial charge on any atom is 0.300 e. The Morgan fingerprint density at radius 2 is 1.74 bits per heavy atom. The van der Waals surface area contributed by atoms with Gasteiger partial charge in [0.05, 0.1) is 6.54 Å². The van der Waals surface area contributed by atoms with E-state index >= 15 is 0 Å². The molecule has 1 atom stereocenters. The Morgan fingerprint density at radius 1 is 1.04 bits per heavy atom. The van der Waals surface area contributed by atoms with Gasteiger partial charge in [-0.05, 0) is 29.5 Å². The van der Waals surface area contributed by atoms with Crippen molar-refractivity contribution < 1.29 is 4.74 Å². The lowest BCUT2D eigenvalue weighted by Crippen LogP contribution is -2.19. The molecule has 2 heterocycles. The van der Waals surface area contributed by atoms with E-state index in [1.54, 1.807) is 6.20 Å². The molecule has 0 bridgehead atoms. The number of nitrogens with zero attached hydrogens (tertiary/aromatic N) is 2. The zero-order chi connectivity index (χ0) is 18.9. The van der Waals surface area contributed by atoms with Gasteiger partial charge in [0.2, 0.25) is 0 Å². The maximum absolute atomic E-state index is 11.3. The molecule has 27 heavy (non-hydrogen) atoms. The summed E-state index contributed by atoms with van der Waals surface area (Å²) in [4.78, 5) is 15.2. The molecule has 3 aromatic rings. The minimum Gasteiger partial charge on any atom is -0.459 e. The standard InChI is InChI=1S/C23H24N2O2/c1-23(2,18-6-4-3-5-7-18)19-11-8-17(9-12-19)10-13-20-16-25-15-14-21(26)24-22(25)27-20/h3-9,11-12,14-15,20H,10,13,16H2,1-2H3. The van der Waals surface area contributed by atoms with Crippen molar-refractivity contribution in [2.75, 3.05) is 0 Å². The predicted octanol–water partition coefficient (Wildman–Crippen LogP) is 3.96. The molecule has 0 aliphatic carbocycles. The fraction of sp³-hybridized carbons (Fsp3) is 0.304. The molecule has 0 spiro atoms. The average molecular weight is 360 g/mol. The van der Waals surface area contributed by atoms with Crippen LogP contribution in [0.5, 0.6) is 6.01 Å². The third kappa shape index (κ3) is 3.65. The van der Waals surface area contributed by atoms with Crippen molar-refractivity contribution in [2.24, 2.45) is 0 Å². The minimum absolute atomic E-state index is 0.0195. The van der Waals surface area contributed by atoms with Crippen molar-refractivity contribution in [1.82, 2.24) is 9.55 Å². The van der Waals surface area contributed by atoms with Crippen LogP contribution in [0.25, 0.3) is 0 Å². The topological polar surface area (TPSA) is 44.1 Å². The first kappa shape index (κ1) is 17.5. The van der Waals surface area contributed by atoms with Gasteiger partial charge in [-0.3, -0.25) is 9.36 Å². The van der Waals surface area contributed by atoms with Crippen LogP contribution >= 0.6 is 0 Å². The molecule has 1 aromatic heterocycles. The predicted molar refractivity (Wildman–Crippen MR) is 106 cm³/mol. The molecular formula is C23H24N2O2. The number of rotatable bonds is 5. The van der Waals surface area contributed by atoms with Crippen molar-refractivity contribution in [3.8, 4) is 6.01 Å². The van der Waals surface area contributed by atoms with Crippen molar-refractivity contribution in [3.63, 3.8) is 0 Å². The Balaban J connectivity index is 1.40. The summed E-state index contributed by atoms with van der Waals surface area (Å²) in [5.74, 6) is 0. The Hall–Kier alpha value is -2.88. The normalized spacial score (nSPS) is 16.0. The number of hydrogen-bond acceptors (Lipinski definition) is 3. The van der Waals surface area contributed by atoms with Crippen molar-refractivity contribution in [3.05, 3.63) is 93.9 Å². The number of ether oxygens (including phenoxy) is 1. The van der Waals surface area contributed by atoms with Gasteiger partial charge in [0.1, 0.15) is 6.10 Å². The fourth-order valence-electron chi connectivity index (χ4n) is 3.64. The number of aromatic nitrogens is 2. The number of hydrogen-bond donors (Lipinski definition) is 0. The minimum atomic E-state index is -0.251. The highest BCUT2D eigenvalue weighted by atomic mass is 16.5. The van der Waals surface area contributed by atoms with Crippen molar-refractivity contribution >= 4 is 0 Å². The molecule has 4 heteroatoms. The van der Waals surface area contributed by atoms with E-state index in [0.29, 0.717) is 6.01 Å². The largest absolute Gasteiger partial charge is 0.459 e. The Morgan fingerprint density at radius 3 is 2.48 bits per heavy atom. The van der Waals surface area contributed by atoms with E-state index in [9.17, 15) is 4.79 Å². The molecule has 2 aromatic carbocycles. The van der Waals surface area contributed by atoms with Gasteiger partial charge in [-0.2, -0.15) is 4.98 Å². The van der Waals surface area contributed by atoms with Gasteiger partial charge in [0.25, 0.3) is 11.6 Å². The van der Waals surface area contributed by atoms with Crippen LogP contribution in [0.4, 0.5) is 0 Å². The van der Waals surface area contributed by atoms with Gasteiger partial charge >= 0.3 is 0 Å². The van der Waals surface area contributed by atoms with Gasteiger partial charge in [0, 0.05) is 17.7 Å². The monoisotopic (exact) mass is 360 g/mol. The first-order chi connectivity index (χ1) is 13.0. The number of fused-ring (bicyclic) bond motifs is 1. The molecule has 4 nitrogen and oxygen atoms in total. The zero-order valence-corrected chi connectivity index (χ0v) is 15.8. The van der Waals surface area contributed by atoms with Crippen LogP contribution in [0.1, 0.15) is 37.0 Å². The summed E-state index contributed by atoms with van der Waals surface area (Å²) in [6, 6.07) is 21.4. The van der Waals surface area contributed by atoms with Crippen LogP contribution in [0.3, 0.4) is 0 Å². The van der Waals surface area contributed by atoms with Gasteiger partial charge < -0.3 is 4.74 Å². The molecule has 1 aliphatic rings. The first-order valence-electron chi connectivity index (χ1n) is 9.41. The molecule has 0 N–H and O–H groups in total. The second-order valence-electron chi connectivity index (χ2n) is 7.67. The molecule has 1 unspecified atom stereocenters. The van der Waals surface area contributed by atoms with Gasteiger partial charge in [0.15, 0.2) is 0 Å². The molecule has 0 amide bonds. The van der Waals surface area contributed by atoms with E-state index in [1.165, 1.54) is 22.8 Å². The first-order valence-corrected chi connectivity index (χ1v) is 9.41. The van der Waals surface area contributed by atoms with Crippen molar-refractivity contribution in [1.29, 1.82) is 0 Å². The summed E-state index contributed by atoms with van der Waals surface area (Å²) < 4.78 is 7.70. The van der Waals surface area contributed by atoms with Crippen LogP contribution < -0.4 is 10.3 Å². The molecule has 4 rings (SSSR count). The van der Waals surface area contributed by atoms with Gasteiger partial charge in [-0.25, -0.2) is 0 Å². The molecule has 0 radical (unpaired) electrons. The molecule has 138 valence electrons. The summed E-state index contributed by atoms with van der Waals surface area (Å²) in [5, 5.41) is 0. The highest BCUT2D eigenvalue weighted by molar-refractivity contribution is 5.38.